The molecule has 0 unspecified atom stereocenters. The van der Waals surface area contributed by atoms with Gasteiger partial charge in [0.25, 0.3) is 0 Å². The van der Waals surface area contributed by atoms with Gasteiger partial charge in [-0.2, -0.15) is 0 Å². The van der Waals surface area contributed by atoms with Crippen LogP contribution < -0.4 is 0 Å². The molecule has 0 aromatic carbocycles. The number of fused-ring (bicyclic) bond motifs is 5. The normalized spacial score (nSPS) is 42.2. The van der Waals surface area contributed by atoms with Crippen LogP contribution in [0.3, 0.4) is 0 Å². The second-order valence-electron chi connectivity index (χ2n) is 10.2. The van der Waals surface area contributed by atoms with Crippen molar-refractivity contribution in [1.29, 1.82) is 0 Å². The number of hydrogen-bond acceptors (Lipinski definition) is 2. The van der Waals surface area contributed by atoms with E-state index < -0.39 is 0 Å². The first-order chi connectivity index (χ1) is 13.5. The molecule has 28 heavy (non-hydrogen) atoms. The van der Waals surface area contributed by atoms with Gasteiger partial charge < -0.3 is 0 Å². The molecule has 0 saturated heterocycles. The van der Waals surface area contributed by atoms with E-state index in [0.717, 1.165) is 37.0 Å². The fourth-order valence-electron chi connectivity index (χ4n) is 7.57. The molecule has 1 heterocycles. The molecule has 4 aliphatic carbocycles. The minimum Gasteiger partial charge on any atom is -0.299 e. The van der Waals surface area contributed by atoms with E-state index in [1.807, 2.05) is 6.20 Å². The van der Waals surface area contributed by atoms with Crippen LogP contribution in [0.25, 0.3) is 5.57 Å². The maximum Gasteiger partial charge on any atom is 0.136 e. The molecule has 5 rings (SSSR count). The van der Waals surface area contributed by atoms with E-state index in [9.17, 15) is 4.79 Å². The summed E-state index contributed by atoms with van der Waals surface area (Å²) in [5.74, 6) is 3.30. The van der Waals surface area contributed by atoms with Crippen molar-refractivity contribution in [3.63, 3.8) is 0 Å². The van der Waals surface area contributed by atoms with Crippen LogP contribution in [0.2, 0.25) is 0 Å². The monoisotopic (exact) mass is 375 g/mol. The van der Waals surface area contributed by atoms with Crippen molar-refractivity contribution in [3.05, 3.63) is 47.8 Å². The van der Waals surface area contributed by atoms with E-state index in [0.29, 0.717) is 11.7 Å². The number of ketones is 1. The number of aromatic nitrogens is 1. The smallest absolute Gasteiger partial charge is 0.136 e. The Bertz CT molecular complexity index is 852. The predicted octanol–water partition coefficient (Wildman–Crippen LogP) is 6.24. The third-order valence-electron chi connectivity index (χ3n) is 9.13. The summed E-state index contributed by atoms with van der Waals surface area (Å²) in [6, 6.07) is 4.31. The molecule has 0 N–H and O–H groups in total. The van der Waals surface area contributed by atoms with Gasteiger partial charge in [-0.05, 0) is 83.8 Å². The van der Waals surface area contributed by atoms with Gasteiger partial charge >= 0.3 is 0 Å². The van der Waals surface area contributed by atoms with Crippen molar-refractivity contribution in [2.24, 2.45) is 34.5 Å². The van der Waals surface area contributed by atoms with Crippen LogP contribution >= 0.6 is 0 Å². The topological polar surface area (TPSA) is 30.0 Å². The van der Waals surface area contributed by atoms with Crippen molar-refractivity contribution >= 4 is 11.4 Å². The van der Waals surface area contributed by atoms with Gasteiger partial charge in [0.15, 0.2) is 0 Å². The second-order valence-corrected chi connectivity index (χ2v) is 10.2. The Morgan fingerprint density at radius 3 is 2.79 bits per heavy atom. The standard InChI is InChI=1S/C26H33NO/c1-4-17-14-19-15-20(28)9-11-25(19,2)23-10-12-26(3)21(7-8-22(26)24(17)23)18-6-5-13-27-16-18/h5-7,13-14,16-17,22-24H,4,8-12,15H2,1-3H3/t17-,22-,23-,24-,25-,26+/m0/s1. The first kappa shape index (κ1) is 18.3. The lowest BCUT2D eigenvalue weighted by Crippen LogP contribution is -2.52. The van der Waals surface area contributed by atoms with E-state index in [4.69, 9.17) is 0 Å². The highest BCUT2D eigenvalue weighted by atomic mass is 16.1. The van der Waals surface area contributed by atoms with Crippen LogP contribution in [0, 0.1) is 34.5 Å². The number of allylic oxidation sites excluding steroid dienone is 4. The van der Waals surface area contributed by atoms with Gasteiger partial charge in [-0.15, -0.1) is 0 Å². The molecule has 2 saturated carbocycles. The number of Topliss-reactive ketones (excluding diaryl/α,β-unsaturated/α-hetero) is 1. The van der Waals surface area contributed by atoms with E-state index in [1.54, 1.807) is 0 Å². The molecule has 0 spiro atoms. The van der Waals surface area contributed by atoms with Gasteiger partial charge in [-0.25, -0.2) is 0 Å². The lowest BCUT2D eigenvalue weighted by molar-refractivity contribution is -0.122. The third kappa shape index (κ3) is 2.46. The number of carbonyl (C=O) groups excluding carboxylic acids is 1. The van der Waals surface area contributed by atoms with Crippen molar-refractivity contribution in [2.45, 2.75) is 65.7 Å². The van der Waals surface area contributed by atoms with Crippen molar-refractivity contribution < 1.29 is 4.79 Å². The van der Waals surface area contributed by atoms with Crippen LogP contribution in [0.5, 0.6) is 0 Å². The summed E-state index contributed by atoms with van der Waals surface area (Å²) < 4.78 is 0. The summed E-state index contributed by atoms with van der Waals surface area (Å²) in [4.78, 5) is 16.6. The molecule has 2 nitrogen and oxygen atoms in total. The van der Waals surface area contributed by atoms with Crippen LogP contribution in [-0.2, 0) is 4.79 Å². The molecule has 148 valence electrons. The Morgan fingerprint density at radius 1 is 1.18 bits per heavy atom. The summed E-state index contributed by atoms with van der Waals surface area (Å²) in [6.45, 7) is 7.36. The summed E-state index contributed by atoms with van der Waals surface area (Å²) in [5.41, 5.74) is 4.86. The van der Waals surface area contributed by atoms with Gasteiger partial charge in [0.05, 0.1) is 0 Å². The van der Waals surface area contributed by atoms with Crippen molar-refractivity contribution in [3.8, 4) is 0 Å². The van der Waals surface area contributed by atoms with Gasteiger partial charge in [0.1, 0.15) is 5.78 Å². The molecule has 6 atom stereocenters. The quantitative estimate of drug-likeness (QED) is 0.572. The van der Waals surface area contributed by atoms with Crippen LogP contribution in [0.15, 0.2) is 42.3 Å². The Hall–Kier alpha value is -1.70. The highest BCUT2D eigenvalue weighted by Gasteiger charge is 2.58. The number of carbonyl (C=O) groups is 1. The van der Waals surface area contributed by atoms with Crippen molar-refractivity contribution in [2.75, 3.05) is 0 Å². The minimum atomic E-state index is 0.253. The Labute approximate surface area is 169 Å². The highest BCUT2D eigenvalue weighted by Crippen LogP contribution is 2.67. The molecular weight excluding hydrogens is 342 g/mol. The molecule has 2 heteroatoms. The molecule has 0 aliphatic heterocycles. The first-order valence-corrected chi connectivity index (χ1v) is 11.3. The molecular formula is C26H33NO. The zero-order valence-electron chi connectivity index (χ0n) is 17.6. The van der Waals surface area contributed by atoms with Gasteiger partial charge in [-0.3, -0.25) is 9.78 Å². The maximum atomic E-state index is 12.2. The van der Waals surface area contributed by atoms with Gasteiger partial charge in [0, 0.05) is 25.2 Å². The number of rotatable bonds is 2. The Kier molecular flexibility index (Phi) is 4.19. The molecule has 4 aliphatic rings. The molecule has 0 amide bonds. The van der Waals surface area contributed by atoms with Gasteiger partial charge in [0.2, 0.25) is 0 Å². The highest BCUT2D eigenvalue weighted by molar-refractivity contribution is 5.82. The van der Waals surface area contributed by atoms with Crippen LogP contribution in [-0.4, -0.2) is 10.8 Å². The fraction of sp³-hybridized carbons (Fsp3) is 0.615. The minimum absolute atomic E-state index is 0.253. The Balaban J connectivity index is 1.54. The Morgan fingerprint density at radius 2 is 2.04 bits per heavy atom. The largest absolute Gasteiger partial charge is 0.299 e. The molecule has 2 fully saturated rings. The zero-order valence-corrected chi connectivity index (χ0v) is 17.6. The summed E-state index contributed by atoms with van der Waals surface area (Å²) in [6.07, 6.45) is 16.6. The number of nitrogens with zero attached hydrogens (tertiary/aromatic N) is 1. The van der Waals surface area contributed by atoms with Gasteiger partial charge in [-0.1, -0.05) is 44.6 Å². The molecule has 1 aromatic heterocycles. The van der Waals surface area contributed by atoms with E-state index >= 15 is 0 Å². The molecule has 0 bridgehead atoms. The second kappa shape index (κ2) is 6.40. The lowest BCUT2D eigenvalue weighted by Gasteiger charge is -2.59. The average molecular weight is 376 g/mol. The SMILES string of the molecule is CC[C@H]1C=C2CC(=O)CC[C@]2(C)[C@H]2CC[C@]3(C)C(c4cccnc4)=CC[C@H]3[C@H]12. The summed E-state index contributed by atoms with van der Waals surface area (Å²) >= 11 is 0. The lowest BCUT2D eigenvalue weighted by atomic mass is 9.45. The third-order valence-corrected chi connectivity index (χ3v) is 9.13. The maximum absolute atomic E-state index is 12.2. The number of pyridine rings is 1. The average Bonchev–Trinajstić information content (AvgIpc) is 3.06. The van der Waals surface area contributed by atoms with Crippen molar-refractivity contribution in [1.82, 2.24) is 4.98 Å². The van der Waals surface area contributed by atoms with E-state index in [2.05, 4.69) is 56.2 Å². The van der Waals surface area contributed by atoms with E-state index in [-0.39, 0.29) is 10.8 Å². The number of hydrogen-bond donors (Lipinski definition) is 0. The molecule has 0 radical (unpaired) electrons. The predicted molar refractivity (Wildman–Crippen MR) is 113 cm³/mol. The summed E-state index contributed by atoms with van der Waals surface area (Å²) in [5, 5.41) is 0. The zero-order chi connectivity index (χ0) is 19.5. The fourth-order valence-corrected chi connectivity index (χ4v) is 7.57. The first-order valence-electron chi connectivity index (χ1n) is 11.3. The van der Waals surface area contributed by atoms with E-state index in [1.165, 1.54) is 42.4 Å². The van der Waals surface area contributed by atoms with Crippen LogP contribution in [0.1, 0.15) is 71.3 Å². The molecule has 1 aromatic rings. The summed E-state index contributed by atoms with van der Waals surface area (Å²) in [7, 11) is 0. The van der Waals surface area contributed by atoms with Crippen LogP contribution in [0.4, 0.5) is 0 Å².